The number of Topliss-reactive ketones (excluding diaryl/α,β-unsaturated/α-hetero) is 1. The first-order valence-electron chi connectivity index (χ1n) is 21.8. The Morgan fingerprint density at radius 1 is 1.00 bits per heavy atom. The molecule has 0 spiro atoms. The predicted molar refractivity (Wildman–Crippen MR) is 231 cm³/mol. The number of allylic oxidation sites excluding steroid dienone is 4. The summed E-state index contributed by atoms with van der Waals surface area (Å²) in [6.07, 6.45) is 4.69. The van der Waals surface area contributed by atoms with E-state index in [1.165, 1.54) is 12.2 Å². The molecule has 2 heterocycles. The number of fused-ring (bicyclic) bond motifs is 8. The molecule has 340 valence electrons. The Balaban J connectivity index is 0.931. The summed E-state index contributed by atoms with van der Waals surface area (Å²) in [6, 6.07) is 14.0. The highest BCUT2D eigenvalue weighted by Gasteiger charge is 2.80. The van der Waals surface area contributed by atoms with Crippen molar-refractivity contribution in [1.82, 2.24) is 10.3 Å². The second-order valence-electron chi connectivity index (χ2n) is 19.7. The van der Waals surface area contributed by atoms with Crippen molar-refractivity contribution in [2.75, 3.05) is 18.5 Å². The van der Waals surface area contributed by atoms with Gasteiger partial charge in [-0.05, 0) is 120 Å². The smallest absolute Gasteiger partial charge is 0.444 e. The van der Waals surface area contributed by atoms with Crippen LogP contribution < -0.4 is 10.6 Å². The van der Waals surface area contributed by atoms with E-state index in [-0.39, 0.29) is 37.7 Å². The van der Waals surface area contributed by atoms with Crippen LogP contribution in [0.3, 0.4) is 0 Å². The van der Waals surface area contributed by atoms with Crippen molar-refractivity contribution < 1.29 is 57.2 Å². The molecule has 4 fully saturated rings. The van der Waals surface area contributed by atoms with Crippen LogP contribution in [0.4, 0.5) is 19.7 Å². The largest absolute Gasteiger partial charge is 0.509 e. The summed E-state index contributed by atoms with van der Waals surface area (Å²) in [5, 5.41) is 19.3. The summed E-state index contributed by atoms with van der Waals surface area (Å²) in [6.45, 7) is 11.1. The average molecular weight is 882 g/mol. The number of halogens is 1. The number of alkyl carbamates (subject to hydrolysis) is 1. The minimum atomic E-state index is -2.12. The van der Waals surface area contributed by atoms with E-state index in [1.54, 1.807) is 90.3 Å². The van der Waals surface area contributed by atoms with E-state index in [0.717, 1.165) is 10.8 Å². The number of rotatable bonds is 10. The fourth-order valence-electron chi connectivity index (χ4n) is 11.3. The first-order valence-corrected chi connectivity index (χ1v) is 21.8. The van der Waals surface area contributed by atoms with Crippen molar-refractivity contribution in [3.8, 4) is 0 Å². The van der Waals surface area contributed by atoms with Crippen LogP contribution in [-0.2, 0) is 44.7 Å². The molecular formula is C49H56FN3O11. The number of hydrogen-bond donors (Lipinski definition) is 3. The molecule has 5 aliphatic rings. The maximum Gasteiger partial charge on any atom is 0.509 e. The van der Waals surface area contributed by atoms with E-state index in [1.807, 2.05) is 25.1 Å². The van der Waals surface area contributed by atoms with Gasteiger partial charge in [0.05, 0.1) is 18.1 Å². The molecule has 0 bridgehead atoms. The Kier molecular flexibility index (Phi) is 11.4. The topological polar surface area (TPSA) is 189 Å². The third-order valence-corrected chi connectivity index (χ3v) is 14.2. The molecular weight excluding hydrogens is 826 g/mol. The lowest BCUT2D eigenvalue weighted by Gasteiger charge is -2.62. The average Bonchev–Trinajstić information content (AvgIpc) is 3.64. The number of hydrogen-bond acceptors (Lipinski definition) is 12. The molecule has 64 heavy (non-hydrogen) atoms. The third kappa shape index (κ3) is 7.78. The SMILES string of the molecule is CC(C)(C)OC(=O)NC[C@@H](C(=O)Nc1ccc2cnccc2c1)c1ccc(COC(=O)OCC(=O)[C@@]23OC(C)(C)O[C@@H]2C[C@H]2[C@@H]4CCC5=CC(=O)C=C[C@]5(C)[C@@]4(F)[C@@H](O)C[C@@]23C)cc1. The van der Waals surface area contributed by atoms with Gasteiger partial charge in [0, 0.05) is 46.8 Å². The molecule has 1 saturated heterocycles. The lowest BCUT2D eigenvalue weighted by atomic mass is 9.44. The number of benzene rings is 2. The van der Waals surface area contributed by atoms with Crippen LogP contribution in [0.1, 0.15) is 91.2 Å². The van der Waals surface area contributed by atoms with E-state index < -0.39 is 88.1 Å². The van der Waals surface area contributed by atoms with Gasteiger partial charge in [-0.15, -0.1) is 0 Å². The number of ether oxygens (including phenoxy) is 5. The summed E-state index contributed by atoms with van der Waals surface area (Å²) < 4.78 is 46.9. The summed E-state index contributed by atoms with van der Waals surface area (Å²) in [5.74, 6) is -4.33. The maximum atomic E-state index is 17.8. The van der Waals surface area contributed by atoms with Crippen molar-refractivity contribution in [2.45, 2.75) is 122 Å². The van der Waals surface area contributed by atoms with Gasteiger partial charge in [0.1, 0.15) is 12.2 Å². The fourth-order valence-corrected chi connectivity index (χ4v) is 11.3. The summed E-state index contributed by atoms with van der Waals surface area (Å²) in [4.78, 5) is 70.3. The summed E-state index contributed by atoms with van der Waals surface area (Å²) in [5.41, 5.74) is -4.51. The normalized spacial score (nSPS) is 31.6. The number of nitrogens with one attached hydrogen (secondary N) is 2. The van der Waals surface area contributed by atoms with Crippen molar-refractivity contribution in [2.24, 2.45) is 22.7 Å². The molecule has 1 aliphatic heterocycles. The van der Waals surface area contributed by atoms with Gasteiger partial charge in [-0.3, -0.25) is 19.4 Å². The van der Waals surface area contributed by atoms with Crippen LogP contribution in [0.2, 0.25) is 0 Å². The van der Waals surface area contributed by atoms with E-state index in [2.05, 4.69) is 15.6 Å². The Morgan fingerprint density at radius 3 is 2.48 bits per heavy atom. The van der Waals surface area contributed by atoms with Gasteiger partial charge < -0.3 is 39.4 Å². The molecule has 1 aromatic heterocycles. The quantitative estimate of drug-likeness (QED) is 0.170. The molecule has 4 aliphatic carbocycles. The standard InChI is InChI=1S/C49H56FN3O11/c1-44(2,3)63-42(58)52-25-35(41(57)53-33-14-12-31-24-51-19-17-30(31)20-33)29-10-8-28(9-11-29)26-60-43(59)61-27-39(56)49-40(62-45(4,5)64-49)22-37-36-15-13-32-21-34(54)16-18-46(32,6)48(36,50)38(55)23-47(37,49)7/h8-12,14,16-21,24,35-38,40,55H,13,15,22-23,25-27H2,1-7H3,(H,52,58)(H,53,57)/t35-,36+,37+,38+,40-,46+,47+,48+,49-/m1/s1. The Bertz CT molecular complexity index is 2450. The highest BCUT2D eigenvalue weighted by atomic mass is 19.1. The van der Waals surface area contributed by atoms with Crippen molar-refractivity contribution in [3.05, 3.63) is 95.9 Å². The van der Waals surface area contributed by atoms with E-state index in [9.17, 15) is 29.1 Å². The lowest BCUT2D eigenvalue weighted by Crippen LogP contribution is -2.70. The molecule has 0 unspecified atom stereocenters. The van der Waals surface area contributed by atoms with Gasteiger partial charge in [0.15, 0.2) is 29.4 Å². The zero-order chi connectivity index (χ0) is 46.0. The van der Waals surface area contributed by atoms with E-state index in [0.29, 0.717) is 35.2 Å². The minimum Gasteiger partial charge on any atom is -0.444 e. The predicted octanol–water partition coefficient (Wildman–Crippen LogP) is 7.58. The Hall–Kier alpha value is -5.51. The fraction of sp³-hybridized carbons (Fsp3) is 0.510. The highest BCUT2D eigenvalue weighted by Crippen LogP contribution is 2.72. The number of ketones is 2. The van der Waals surface area contributed by atoms with Gasteiger partial charge in [-0.25, -0.2) is 14.0 Å². The number of alkyl halides is 1. The molecule has 8 rings (SSSR count). The molecule has 14 nitrogen and oxygen atoms in total. The minimum absolute atomic E-state index is 0.0754. The van der Waals surface area contributed by atoms with Crippen molar-refractivity contribution in [1.29, 1.82) is 0 Å². The van der Waals surface area contributed by atoms with Gasteiger partial charge in [-0.1, -0.05) is 48.9 Å². The van der Waals surface area contributed by atoms with Gasteiger partial charge >= 0.3 is 12.2 Å². The van der Waals surface area contributed by atoms with Crippen LogP contribution in [0.5, 0.6) is 0 Å². The lowest BCUT2D eigenvalue weighted by molar-refractivity contribution is -0.246. The summed E-state index contributed by atoms with van der Waals surface area (Å²) in [7, 11) is 0. The van der Waals surface area contributed by atoms with E-state index >= 15 is 4.39 Å². The van der Waals surface area contributed by atoms with E-state index in [4.69, 9.17) is 23.7 Å². The number of pyridine rings is 1. The molecule has 3 N–H and O–H groups in total. The van der Waals surface area contributed by atoms with Gasteiger partial charge in [0.2, 0.25) is 11.7 Å². The van der Waals surface area contributed by atoms with Crippen LogP contribution in [0.25, 0.3) is 10.8 Å². The van der Waals surface area contributed by atoms with Crippen molar-refractivity contribution in [3.63, 3.8) is 0 Å². The first-order chi connectivity index (χ1) is 30.1. The number of aromatic nitrogens is 1. The van der Waals surface area contributed by atoms with Crippen molar-refractivity contribution >= 4 is 46.2 Å². The number of anilines is 1. The monoisotopic (exact) mass is 881 g/mol. The first kappa shape index (κ1) is 45.1. The van der Waals surface area contributed by atoms with Gasteiger partial charge in [-0.2, -0.15) is 0 Å². The molecule has 15 heteroatoms. The molecule has 9 atom stereocenters. The number of aliphatic hydroxyl groups is 1. The van der Waals surface area contributed by atoms with Crippen LogP contribution in [0, 0.1) is 22.7 Å². The number of aliphatic hydroxyl groups excluding tert-OH is 1. The molecule has 2 amide bonds. The number of amides is 2. The number of nitrogens with zero attached hydrogens (tertiary/aromatic N) is 1. The molecule has 3 aromatic rings. The number of carbonyl (C=O) groups is 5. The number of carbonyl (C=O) groups excluding carboxylic acids is 5. The third-order valence-electron chi connectivity index (χ3n) is 14.2. The second-order valence-corrected chi connectivity index (χ2v) is 19.7. The highest BCUT2D eigenvalue weighted by molar-refractivity contribution is 6.01. The van der Waals surface area contributed by atoms with Gasteiger partial charge in [0.25, 0.3) is 0 Å². The van der Waals surface area contributed by atoms with Crippen LogP contribution in [-0.4, -0.2) is 87.8 Å². The second kappa shape index (κ2) is 16.2. The summed E-state index contributed by atoms with van der Waals surface area (Å²) >= 11 is 0. The zero-order valence-corrected chi connectivity index (χ0v) is 37.2. The zero-order valence-electron chi connectivity index (χ0n) is 37.2. The maximum absolute atomic E-state index is 17.8. The molecule has 3 saturated carbocycles. The Morgan fingerprint density at radius 2 is 1.75 bits per heavy atom. The van der Waals surface area contributed by atoms with Crippen LogP contribution >= 0.6 is 0 Å². The molecule has 0 radical (unpaired) electrons. The Labute approximate surface area is 371 Å². The molecule has 2 aromatic carbocycles. The van der Waals surface area contributed by atoms with Crippen LogP contribution in [0.15, 0.2) is 84.7 Å².